The summed E-state index contributed by atoms with van der Waals surface area (Å²) in [5.74, 6) is 1.54. The van der Waals surface area contributed by atoms with E-state index in [0.717, 1.165) is 62.6 Å². The molecule has 1 aliphatic heterocycles. The Morgan fingerprint density at radius 2 is 2.00 bits per heavy atom. The summed E-state index contributed by atoms with van der Waals surface area (Å²) in [6.07, 6.45) is 1.97. The van der Waals surface area contributed by atoms with Gasteiger partial charge in [0.15, 0.2) is 0 Å². The average Bonchev–Trinajstić information content (AvgIpc) is 2.71. The number of β-amino-alcohol motifs (C(OH)–C–C–N with tert-alkyl or cyclic N) is 1. The van der Waals surface area contributed by atoms with E-state index in [0.29, 0.717) is 13.1 Å². The molecule has 1 heterocycles. The standard InChI is InChI=1S/C22H38N2O5/c1-17(2)28-12-4-9-23-14-18-13-21(27-3)5-6-22(18)29-16-20(26)15-24-10-7-19(25)8-11-24/h5-6,13,17,19-20,23,25-26H,4,7-12,14-16H2,1-3H3/t20-/m0/s1. The third-order valence-electron chi connectivity index (χ3n) is 4.99. The van der Waals surface area contributed by atoms with Gasteiger partial charge in [0, 0.05) is 38.3 Å². The minimum atomic E-state index is -0.568. The molecule has 0 aromatic heterocycles. The predicted molar refractivity (Wildman–Crippen MR) is 114 cm³/mol. The van der Waals surface area contributed by atoms with Gasteiger partial charge in [-0.15, -0.1) is 0 Å². The van der Waals surface area contributed by atoms with Crippen LogP contribution in [-0.4, -0.2) is 79.9 Å². The average molecular weight is 411 g/mol. The minimum Gasteiger partial charge on any atom is -0.497 e. The number of aliphatic hydroxyl groups excluding tert-OH is 2. The van der Waals surface area contributed by atoms with Crippen LogP contribution < -0.4 is 14.8 Å². The molecule has 29 heavy (non-hydrogen) atoms. The molecule has 7 nitrogen and oxygen atoms in total. The molecule has 1 aromatic carbocycles. The van der Waals surface area contributed by atoms with Gasteiger partial charge in [0.05, 0.1) is 19.3 Å². The maximum atomic E-state index is 10.4. The number of piperidine rings is 1. The number of nitrogens with one attached hydrogen (secondary N) is 1. The van der Waals surface area contributed by atoms with E-state index < -0.39 is 6.10 Å². The van der Waals surface area contributed by atoms with Crippen LogP contribution in [0, 0.1) is 0 Å². The highest BCUT2D eigenvalue weighted by atomic mass is 16.5. The lowest BCUT2D eigenvalue weighted by atomic mass is 10.1. The molecule has 1 aliphatic rings. The molecular weight excluding hydrogens is 372 g/mol. The molecule has 0 bridgehead atoms. The third-order valence-corrected chi connectivity index (χ3v) is 4.99. The Hall–Kier alpha value is -1.38. The van der Waals surface area contributed by atoms with Crippen LogP contribution in [-0.2, 0) is 11.3 Å². The Morgan fingerprint density at radius 3 is 2.69 bits per heavy atom. The van der Waals surface area contributed by atoms with Gasteiger partial charge in [0.2, 0.25) is 0 Å². The summed E-state index contributed by atoms with van der Waals surface area (Å²) in [6.45, 7) is 8.76. The van der Waals surface area contributed by atoms with Crippen molar-refractivity contribution in [3.05, 3.63) is 23.8 Å². The van der Waals surface area contributed by atoms with E-state index in [1.165, 1.54) is 0 Å². The van der Waals surface area contributed by atoms with Gasteiger partial charge in [0.25, 0.3) is 0 Å². The van der Waals surface area contributed by atoms with Gasteiger partial charge >= 0.3 is 0 Å². The van der Waals surface area contributed by atoms with E-state index >= 15 is 0 Å². The highest BCUT2D eigenvalue weighted by molar-refractivity contribution is 5.40. The zero-order valence-electron chi connectivity index (χ0n) is 18.1. The zero-order valence-corrected chi connectivity index (χ0v) is 18.1. The SMILES string of the molecule is COc1ccc(OC[C@@H](O)CN2CCC(O)CC2)c(CNCCCOC(C)C)c1. The number of likely N-dealkylation sites (tertiary alicyclic amines) is 1. The molecule has 1 fully saturated rings. The lowest BCUT2D eigenvalue weighted by Crippen LogP contribution is -2.41. The molecule has 7 heteroatoms. The van der Waals surface area contributed by atoms with Crippen molar-refractivity contribution in [3.8, 4) is 11.5 Å². The maximum Gasteiger partial charge on any atom is 0.124 e. The van der Waals surface area contributed by atoms with Gasteiger partial charge in [-0.05, 0) is 57.9 Å². The normalized spacial score (nSPS) is 16.9. The molecule has 0 amide bonds. The van der Waals surface area contributed by atoms with Gasteiger partial charge in [-0.1, -0.05) is 0 Å². The van der Waals surface area contributed by atoms with Crippen LogP contribution in [0.5, 0.6) is 11.5 Å². The summed E-state index contributed by atoms with van der Waals surface area (Å²) >= 11 is 0. The number of aliphatic hydroxyl groups is 2. The number of ether oxygens (including phenoxy) is 3. The summed E-state index contributed by atoms with van der Waals surface area (Å²) < 4.78 is 16.8. The first kappa shape index (κ1) is 23.9. The van der Waals surface area contributed by atoms with E-state index in [4.69, 9.17) is 14.2 Å². The molecule has 1 atom stereocenters. The van der Waals surface area contributed by atoms with Crippen LogP contribution in [0.4, 0.5) is 0 Å². The lowest BCUT2D eigenvalue weighted by Gasteiger charge is -2.31. The third kappa shape index (κ3) is 9.31. The minimum absolute atomic E-state index is 0.203. The van der Waals surface area contributed by atoms with Gasteiger partial charge < -0.3 is 34.6 Å². The van der Waals surface area contributed by atoms with E-state index in [2.05, 4.69) is 10.2 Å². The molecule has 2 rings (SSSR count). The summed E-state index contributed by atoms with van der Waals surface area (Å²) in [5.41, 5.74) is 1.00. The van der Waals surface area contributed by atoms with Crippen molar-refractivity contribution >= 4 is 0 Å². The fourth-order valence-electron chi connectivity index (χ4n) is 3.34. The summed E-state index contributed by atoms with van der Waals surface area (Å²) in [4.78, 5) is 2.18. The van der Waals surface area contributed by atoms with E-state index in [9.17, 15) is 10.2 Å². The number of hydrogen-bond donors (Lipinski definition) is 3. The van der Waals surface area contributed by atoms with Crippen molar-refractivity contribution in [3.63, 3.8) is 0 Å². The summed E-state index contributed by atoms with van der Waals surface area (Å²) in [6, 6.07) is 5.72. The maximum absolute atomic E-state index is 10.4. The Balaban J connectivity index is 1.79. The van der Waals surface area contributed by atoms with Crippen LogP contribution in [0.15, 0.2) is 18.2 Å². The summed E-state index contributed by atoms with van der Waals surface area (Å²) in [7, 11) is 1.65. The van der Waals surface area contributed by atoms with Crippen molar-refractivity contribution in [2.24, 2.45) is 0 Å². The van der Waals surface area contributed by atoms with Gasteiger partial charge in [0.1, 0.15) is 24.2 Å². The fraction of sp³-hybridized carbons (Fsp3) is 0.727. The molecule has 1 saturated heterocycles. The van der Waals surface area contributed by atoms with Crippen molar-refractivity contribution in [1.29, 1.82) is 0 Å². The van der Waals surface area contributed by atoms with Gasteiger partial charge in [-0.25, -0.2) is 0 Å². The molecular formula is C22H38N2O5. The molecule has 166 valence electrons. The first-order valence-corrected chi connectivity index (χ1v) is 10.7. The monoisotopic (exact) mass is 410 g/mol. The van der Waals surface area contributed by atoms with E-state index in [-0.39, 0.29) is 18.8 Å². The van der Waals surface area contributed by atoms with Crippen LogP contribution in [0.3, 0.4) is 0 Å². The van der Waals surface area contributed by atoms with Crippen LogP contribution in [0.25, 0.3) is 0 Å². The van der Waals surface area contributed by atoms with Crippen LogP contribution in [0.2, 0.25) is 0 Å². The molecule has 0 saturated carbocycles. The molecule has 3 N–H and O–H groups in total. The topological polar surface area (TPSA) is 83.4 Å². The quantitative estimate of drug-likeness (QED) is 0.428. The number of nitrogens with zero attached hydrogens (tertiary/aromatic N) is 1. The predicted octanol–water partition coefficient (Wildman–Crippen LogP) is 1.80. The Bertz CT molecular complexity index is 576. The summed E-state index contributed by atoms with van der Waals surface area (Å²) in [5, 5.41) is 23.4. The Morgan fingerprint density at radius 1 is 1.24 bits per heavy atom. The number of benzene rings is 1. The fourth-order valence-corrected chi connectivity index (χ4v) is 3.34. The lowest BCUT2D eigenvalue weighted by molar-refractivity contribution is 0.0336. The van der Waals surface area contributed by atoms with Crippen molar-refractivity contribution in [1.82, 2.24) is 10.2 Å². The number of methoxy groups -OCH3 is 1. The van der Waals surface area contributed by atoms with Gasteiger partial charge in [-0.3, -0.25) is 0 Å². The Kier molecular flexibility index (Phi) is 10.7. The van der Waals surface area contributed by atoms with E-state index in [1.54, 1.807) is 7.11 Å². The molecule has 0 unspecified atom stereocenters. The zero-order chi connectivity index (χ0) is 21.1. The highest BCUT2D eigenvalue weighted by Gasteiger charge is 2.19. The molecule has 1 aromatic rings. The molecule has 0 aliphatic carbocycles. The second kappa shape index (κ2) is 13.0. The first-order valence-electron chi connectivity index (χ1n) is 10.7. The van der Waals surface area contributed by atoms with E-state index in [1.807, 2.05) is 32.0 Å². The smallest absolute Gasteiger partial charge is 0.124 e. The van der Waals surface area contributed by atoms with Gasteiger partial charge in [-0.2, -0.15) is 0 Å². The molecule has 0 radical (unpaired) electrons. The Labute approximate surface area is 175 Å². The first-order chi connectivity index (χ1) is 14.0. The largest absolute Gasteiger partial charge is 0.497 e. The number of rotatable bonds is 13. The number of hydrogen-bond acceptors (Lipinski definition) is 7. The van der Waals surface area contributed by atoms with Crippen molar-refractivity contribution in [2.75, 3.05) is 46.5 Å². The van der Waals surface area contributed by atoms with Crippen LogP contribution in [0.1, 0.15) is 38.7 Å². The molecule has 0 spiro atoms. The van der Waals surface area contributed by atoms with Crippen molar-refractivity contribution in [2.45, 2.75) is 58.0 Å². The highest BCUT2D eigenvalue weighted by Crippen LogP contribution is 2.24. The van der Waals surface area contributed by atoms with Crippen LogP contribution >= 0.6 is 0 Å². The van der Waals surface area contributed by atoms with Crippen molar-refractivity contribution < 1.29 is 24.4 Å². The second-order valence-corrected chi connectivity index (χ2v) is 7.92. The second-order valence-electron chi connectivity index (χ2n) is 7.92.